The molecule has 0 fully saturated rings. The Labute approximate surface area is 122 Å². The molecule has 20 heavy (non-hydrogen) atoms. The monoisotopic (exact) mass is 290 g/mol. The minimum absolute atomic E-state index is 0.237. The molecule has 0 radical (unpaired) electrons. The lowest BCUT2D eigenvalue weighted by Crippen LogP contribution is -2.11. The van der Waals surface area contributed by atoms with E-state index in [4.69, 9.17) is 22.7 Å². The molecule has 104 valence electrons. The minimum atomic E-state index is -0.412. The highest BCUT2D eigenvalue weighted by molar-refractivity contribution is 7.80. The lowest BCUT2D eigenvalue weighted by atomic mass is 10.1. The van der Waals surface area contributed by atoms with Crippen LogP contribution in [0.1, 0.15) is 12.5 Å². The summed E-state index contributed by atoms with van der Waals surface area (Å²) < 4.78 is 18.9. The number of hydrogen-bond acceptors (Lipinski definition) is 3. The zero-order chi connectivity index (χ0) is 14.5. The van der Waals surface area contributed by atoms with Gasteiger partial charge in [-0.05, 0) is 31.2 Å². The molecule has 5 heteroatoms. The van der Waals surface area contributed by atoms with E-state index in [1.807, 2.05) is 31.2 Å². The third-order valence-electron chi connectivity index (χ3n) is 2.70. The Bertz CT molecular complexity index is 631. The molecule has 3 nitrogen and oxygen atoms in total. The molecule has 2 aromatic rings. The first-order chi connectivity index (χ1) is 9.61. The topological polar surface area (TPSA) is 47.3 Å². The molecule has 0 unspecified atom stereocenters. The number of benzene rings is 2. The molecule has 2 rings (SSSR count). The van der Waals surface area contributed by atoms with Crippen molar-refractivity contribution >= 4 is 28.6 Å². The summed E-state index contributed by atoms with van der Waals surface area (Å²) in [5.41, 5.74) is 7.72. The number of ether oxygens (including phenoxy) is 1. The smallest absolute Gasteiger partial charge is 0.167 e. The van der Waals surface area contributed by atoms with Crippen LogP contribution in [0, 0.1) is 5.82 Å². The van der Waals surface area contributed by atoms with Gasteiger partial charge in [0, 0.05) is 23.0 Å². The van der Waals surface area contributed by atoms with Gasteiger partial charge in [0.2, 0.25) is 0 Å². The van der Waals surface area contributed by atoms with Gasteiger partial charge in [0.15, 0.2) is 11.6 Å². The average molecular weight is 290 g/mol. The fourth-order valence-electron chi connectivity index (χ4n) is 1.81. The Kier molecular flexibility index (Phi) is 4.53. The second kappa shape index (κ2) is 6.34. The summed E-state index contributed by atoms with van der Waals surface area (Å²) in [6, 6.07) is 12.1. The van der Waals surface area contributed by atoms with Crippen LogP contribution in [0.3, 0.4) is 0 Å². The van der Waals surface area contributed by atoms with Crippen LogP contribution in [0.2, 0.25) is 0 Å². The Morgan fingerprint density at radius 3 is 2.70 bits per heavy atom. The van der Waals surface area contributed by atoms with E-state index in [0.717, 1.165) is 11.3 Å². The van der Waals surface area contributed by atoms with Crippen molar-refractivity contribution in [3.63, 3.8) is 0 Å². The van der Waals surface area contributed by atoms with E-state index in [0.29, 0.717) is 17.3 Å². The molecule has 0 aliphatic heterocycles. The van der Waals surface area contributed by atoms with E-state index in [1.165, 1.54) is 6.07 Å². The fraction of sp³-hybridized carbons (Fsp3) is 0.133. The van der Waals surface area contributed by atoms with Crippen LogP contribution < -0.4 is 15.8 Å². The summed E-state index contributed by atoms with van der Waals surface area (Å²) in [5, 5.41) is 3.10. The van der Waals surface area contributed by atoms with Crippen LogP contribution in [0.5, 0.6) is 5.75 Å². The Morgan fingerprint density at radius 1 is 1.30 bits per heavy atom. The maximum atomic E-state index is 13.8. The molecule has 0 aliphatic carbocycles. The van der Waals surface area contributed by atoms with Gasteiger partial charge < -0.3 is 15.8 Å². The van der Waals surface area contributed by atoms with Crippen molar-refractivity contribution in [2.45, 2.75) is 6.92 Å². The molecule has 3 N–H and O–H groups in total. The molecule has 0 atom stereocenters. The third kappa shape index (κ3) is 3.24. The predicted molar refractivity (Wildman–Crippen MR) is 83.2 cm³/mol. The highest BCUT2D eigenvalue weighted by Crippen LogP contribution is 2.25. The number of nitrogens with two attached hydrogens (primary N) is 1. The normalized spacial score (nSPS) is 10.1. The van der Waals surface area contributed by atoms with Crippen LogP contribution >= 0.6 is 12.2 Å². The van der Waals surface area contributed by atoms with Gasteiger partial charge in [0.1, 0.15) is 4.99 Å². The number of rotatable bonds is 5. The van der Waals surface area contributed by atoms with Gasteiger partial charge in [-0.3, -0.25) is 0 Å². The minimum Gasteiger partial charge on any atom is -0.491 e. The van der Waals surface area contributed by atoms with Crippen molar-refractivity contribution in [2.75, 3.05) is 11.9 Å². The Balaban J connectivity index is 2.27. The first-order valence-electron chi connectivity index (χ1n) is 6.20. The first kappa shape index (κ1) is 14.3. The summed E-state index contributed by atoms with van der Waals surface area (Å²) in [6.07, 6.45) is 0. The number of hydrogen-bond donors (Lipinski definition) is 2. The quantitative estimate of drug-likeness (QED) is 0.826. The largest absolute Gasteiger partial charge is 0.491 e. The molecular weight excluding hydrogens is 275 g/mol. The molecule has 2 aromatic carbocycles. The maximum Gasteiger partial charge on any atom is 0.167 e. The number of anilines is 2. The predicted octanol–water partition coefficient (Wildman–Crippen LogP) is 3.60. The van der Waals surface area contributed by atoms with Crippen molar-refractivity contribution in [3.8, 4) is 5.75 Å². The van der Waals surface area contributed by atoms with Gasteiger partial charge >= 0.3 is 0 Å². The van der Waals surface area contributed by atoms with E-state index in [1.54, 1.807) is 12.1 Å². The third-order valence-corrected chi connectivity index (χ3v) is 2.92. The Morgan fingerprint density at radius 2 is 2.05 bits per heavy atom. The van der Waals surface area contributed by atoms with Crippen LogP contribution in [0.25, 0.3) is 0 Å². The van der Waals surface area contributed by atoms with Crippen molar-refractivity contribution in [2.24, 2.45) is 5.73 Å². The summed E-state index contributed by atoms with van der Waals surface area (Å²) in [6.45, 7) is 2.23. The van der Waals surface area contributed by atoms with Crippen LogP contribution in [0.4, 0.5) is 15.8 Å². The fourth-order valence-corrected chi connectivity index (χ4v) is 1.99. The second-order valence-corrected chi connectivity index (χ2v) is 4.55. The standard InChI is InChI=1S/C15H15FN2OS/c1-2-19-14-8-7-10(9-12(14)16)18-13-6-4-3-5-11(13)15(17)20/h3-9,18H,2H2,1H3,(H2,17,20). The first-order valence-corrected chi connectivity index (χ1v) is 6.61. The molecule has 0 aromatic heterocycles. The van der Waals surface area contributed by atoms with E-state index >= 15 is 0 Å². The number of halogens is 1. The summed E-state index contributed by atoms with van der Waals surface area (Å²) in [7, 11) is 0. The average Bonchev–Trinajstić information content (AvgIpc) is 2.42. The Hall–Kier alpha value is -2.14. The van der Waals surface area contributed by atoms with Crippen molar-refractivity contribution in [1.29, 1.82) is 0 Å². The van der Waals surface area contributed by atoms with E-state index in [2.05, 4.69) is 5.32 Å². The molecule has 0 heterocycles. The highest BCUT2D eigenvalue weighted by atomic mass is 32.1. The molecule has 0 spiro atoms. The van der Waals surface area contributed by atoms with E-state index in [9.17, 15) is 4.39 Å². The van der Waals surface area contributed by atoms with Gasteiger partial charge in [0.25, 0.3) is 0 Å². The summed E-state index contributed by atoms with van der Waals surface area (Å²) >= 11 is 4.99. The second-order valence-electron chi connectivity index (χ2n) is 4.11. The van der Waals surface area contributed by atoms with Crippen molar-refractivity contribution in [1.82, 2.24) is 0 Å². The van der Waals surface area contributed by atoms with Crippen LogP contribution in [0.15, 0.2) is 42.5 Å². The number of para-hydroxylation sites is 1. The molecule has 0 saturated carbocycles. The molecule has 0 bridgehead atoms. The van der Waals surface area contributed by atoms with E-state index < -0.39 is 5.82 Å². The van der Waals surface area contributed by atoms with Crippen LogP contribution in [-0.4, -0.2) is 11.6 Å². The highest BCUT2D eigenvalue weighted by Gasteiger charge is 2.07. The van der Waals surface area contributed by atoms with Gasteiger partial charge in [-0.15, -0.1) is 0 Å². The SMILES string of the molecule is CCOc1ccc(Nc2ccccc2C(N)=S)cc1F. The van der Waals surface area contributed by atoms with Gasteiger partial charge in [-0.1, -0.05) is 24.4 Å². The summed E-state index contributed by atoms with van der Waals surface area (Å²) in [5.74, 6) is -0.176. The molecule has 0 saturated heterocycles. The molecule has 0 amide bonds. The molecular formula is C15H15FN2OS. The lowest BCUT2D eigenvalue weighted by Gasteiger charge is -2.12. The van der Waals surface area contributed by atoms with Gasteiger partial charge in [0.05, 0.1) is 6.61 Å². The zero-order valence-corrected chi connectivity index (χ0v) is 11.8. The number of nitrogens with one attached hydrogen (secondary N) is 1. The van der Waals surface area contributed by atoms with Crippen LogP contribution in [-0.2, 0) is 0 Å². The van der Waals surface area contributed by atoms with Gasteiger partial charge in [-0.2, -0.15) is 0 Å². The van der Waals surface area contributed by atoms with Gasteiger partial charge in [-0.25, -0.2) is 4.39 Å². The lowest BCUT2D eigenvalue weighted by molar-refractivity contribution is 0.321. The van der Waals surface area contributed by atoms with Crippen molar-refractivity contribution in [3.05, 3.63) is 53.8 Å². The zero-order valence-electron chi connectivity index (χ0n) is 11.0. The summed E-state index contributed by atoms with van der Waals surface area (Å²) in [4.78, 5) is 0.291. The molecule has 0 aliphatic rings. The van der Waals surface area contributed by atoms with Crippen molar-refractivity contribution < 1.29 is 9.13 Å². The number of thiocarbonyl (C=S) groups is 1. The maximum absolute atomic E-state index is 13.8. The van der Waals surface area contributed by atoms with E-state index in [-0.39, 0.29) is 5.75 Å².